The Labute approximate surface area is 212 Å². The molecule has 1 aromatic heterocycles. The molecule has 2 amide bonds. The molecule has 0 fully saturated rings. The van der Waals surface area contributed by atoms with E-state index in [0.717, 1.165) is 5.56 Å². The van der Waals surface area contributed by atoms with Gasteiger partial charge in [-0.25, -0.2) is 9.07 Å². The van der Waals surface area contributed by atoms with Gasteiger partial charge in [-0.05, 0) is 44.2 Å². The Hall–Kier alpha value is -4.86. The number of anilines is 1. The number of hydrogen-bond donors (Lipinski definition) is 1. The normalized spacial score (nSPS) is 10.8. The average molecular weight is 502 g/mol. The fourth-order valence-corrected chi connectivity index (χ4v) is 3.74. The maximum atomic E-state index is 13.5. The zero-order valence-electron chi connectivity index (χ0n) is 20.2. The lowest BCUT2D eigenvalue weighted by molar-refractivity contribution is -0.384. The molecule has 3 aromatic carbocycles. The first-order valence-electron chi connectivity index (χ1n) is 11.5. The average Bonchev–Trinajstić information content (AvgIpc) is 3.31. The van der Waals surface area contributed by atoms with E-state index in [-0.39, 0.29) is 23.8 Å². The van der Waals surface area contributed by atoms with Crippen LogP contribution in [-0.2, 0) is 4.79 Å². The second kappa shape index (κ2) is 10.8. The molecule has 0 saturated heterocycles. The van der Waals surface area contributed by atoms with Crippen molar-refractivity contribution in [2.24, 2.45) is 0 Å². The largest absolute Gasteiger partial charge is 0.327 e. The summed E-state index contributed by atoms with van der Waals surface area (Å²) in [7, 11) is 0. The third-order valence-electron chi connectivity index (χ3n) is 5.62. The second-order valence-corrected chi connectivity index (χ2v) is 8.55. The monoisotopic (exact) mass is 501 g/mol. The topological polar surface area (TPSA) is 110 Å². The van der Waals surface area contributed by atoms with E-state index >= 15 is 0 Å². The lowest BCUT2D eigenvalue weighted by atomic mass is 10.1. The number of aromatic nitrogens is 2. The van der Waals surface area contributed by atoms with E-state index < -0.39 is 22.6 Å². The van der Waals surface area contributed by atoms with Crippen LogP contribution in [0.3, 0.4) is 0 Å². The van der Waals surface area contributed by atoms with Gasteiger partial charge in [0.1, 0.15) is 18.2 Å². The molecule has 0 atom stereocenters. The SMILES string of the molecule is CC(C)N(CC(=O)Nc1cc(-c2ccccc2)nn1-c1ccc(F)cc1)C(=O)c1cccc([N+](=O)[O-])c1. The molecule has 0 aliphatic rings. The summed E-state index contributed by atoms with van der Waals surface area (Å²) < 4.78 is 15.0. The number of benzene rings is 3. The van der Waals surface area contributed by atoms with Crippen molar-refractivity contribution >= 4 is 23.3 Å². The molecule has 4 aromatic rings. The van der Waals surface area contributed by atoms with Crippen molar-refractivity contribution in [3.8, 4) is 16.9 Å². The van der Waals surface area contributed by atoms with Crippen LogP contribution in [0.5, 0.6) is 0 Å². The maximum Gasteiger partial charge on any atom is 0.270 e. The molecule has 0 aliphatic heterocycles. The molecule has 0 aliphatic carbocycles. The van der Waals surface area contributed by atoms with Gasteiger partial charge in [0, 0.05) is 35.4 Å². The highest BCUT2D eigenvalue weighted by molar-refractivity contribution is 5.99. The molecule has 188 valence electrons. The summed E-state index contributed by atoms with van der Waals surface area (Å²) in [6.07, 6.45) is 0. The summed E-state index contributed by atoms with van der Waals surface area (Å²) in [6, 6.07) is 21.7. The molecule has 10 heteroatoms. The van der Waals surface area contributed by atoms with Gasteiger partial charge in [0.2, 0.25) is 5.91 Å². The molecule has 4 rings (SSSR count). The Morgan fingerprint density at radius 1 is 1.03 bits per heavy atom. The van der Waals surface area contributed by atoms with Gasteiger partial charge >= 0.3 is 0 Å². The van der Waals surface area contributed by atoms with Gasteiger partial charge in [-0.3, -0.25) is 19.7 Å². The van der Waals surface area contributed by atoms with E-state index in [0.29, 0.717) is 17.2 Å². The number of carbonyl (C=O) groups excluding carboxylic acids is 2. The molecular formula is C27H24FN5O4. The van der Waals surface area contributed by atoms with Crippen molar-refractivity contribution in [3.63, 3.8) is 0 Å². The molecular weight excluding hydrogens is 477 g/mol. The van der Waals surface area contributed by atoms with Crippen LogP contribution >= 0.6 is 0 Å². The first kappa shape index (κ1) is 25.2. The van der Waals surface area contributed by atoms with Crippen LogP contribution in [0, 0.1) is 15.9 Å². The summed E-state index contributed by atoms with van der Waals surface area (Å²) in [4.78, 5) is 38.1. The third-order valence-corrected chi connectivity index (χ3v) is 5.62. The third kappa shape index (κ3) is 5.87. The predicted molar refractivity (Wildman–Crippen MR) is 137 cm³/mol. The molecule has 1 N–H and O–H groups in total. The van der Waals surface area contributed by atoms with Crippen molar-refractivity contribution in [3.05, 3.63) is 106 Å². The first-order chi connectivity index (χ1) is 17.7. The van der Waals surface area contributed by atoms with Gasteiger partial charge in [-0.1, -0.05) is 36.4 Å². The fraction of sp³-hybridized carbons (Fsp3) is 0.148. The summed E-state index contributed by atoms with van der Waals surface area (Å²) in [5, 5.41) is 18.5. The Kier molecular flexibility index (Phi) is 7.38. The number of nitrogens with zero attached hydrogens (tertiary/aromatic N) is 4. The van der Waals surface area contributed by atoms with Crippen LogP contribution in [0.4, 0.5) is 15.9 Å². The Bertz CT molecular complexity index is 1430. The smallest absolute Gasteiger partial charge is 0.270 e. The lowest BCUT2D eigenvalue weighted by Gasteiger charge is -2.26. The Morgan fingerprint density at radius 2 is 1.73 bits per heavy atom. The maximum absolute atomic E-state index is 13.5. The van der Waals surface area contributed by atoms with Gasteiger partial charge in [0.05, 0.1) is 16.3 Å². The molecule has 0 spiro atoms. The van der Waals surface area contributed by atoms with Crippen LogP contribution in [0.15, 0.2) is 84.9 Å². The number of amides is 2. The van der Waals surface area contributed by atoms with Crippen molar-refractivity contribution in [1.82, 2.24) is 14.7 Å². The molecule has 0 bridgehead atoms. The number of carbonyl (C=O) groups is 2. The number of nitrogens with one attached hydrogen (secondary N) is 1. The highest BCUT2D eigenvalue weighted by Gasteiger charge is 2.24. The second-order valence-electron chi connectivity index (χ2n) is 8.55. The van der Waals surface area contributed by atoms with E-state index in [1.807, 2.05) is 30.3 Å². The number of nitro groups is 1. The molecule has 0 unspecified atom stereocenters. The van der Waals surface area contributed by atoms with E-state index in [4.69, 9.17) is 0 Å². The minimum atomic E-state index is -0.579. The van der Waals surface area contributed by atoms with Crippen molar-refractivity contribution in [2.45, 2.75) is 19.9 Å². The van der Waals surface area contributed by atoms with Crippen LogP contribution in [-0.4, -0.2) is 44.0 Å². The highest BCUT2D eigenvalue weighted by atomic mass is 19.1. The molecule has 0 radical (unpaired) electrons. The van der Waals surface area contributed by atoms with E-state index in [1.165, 1.54) is 46.0 Å². The predicted octanol–water partition coefficient (Wildman–Crippen LogP) is 5.08. The first-order valence-corrected chi connectivity index (χ1v) is 11.5. The van der Waals surface area contributed by atoms with E-state index in [9.17, 15) is 24.1 Å². The van der Waals surface area contributed by atoms with Crippen LogP contribution in [0.1, 0.15) is 24.2 Å². The summed E-state index contributed by atoms with van der Waals surface area (Å²) in [5.74, 6) is -1.07. The minimum absolute atomic E-state index is 0.110. The fourth-order valence-electron chi connectivity index (χ4n) is 3.74. The highest BCUT2D eigenvalue weighted by Crippen LogP contribution is 2.25. The van der Waals surface area contributed by atoms with Gasteiger partial charge in [-0.15, -0.1) is 0 Å². The van der Waals surface area contributed by atoms with Crippen molar-refractivity contribution in [2.75, 3.05) is 11.9 Å². The minimum Gasteiger partial charge on any atom is -0.327 e. The summed E-state index contributed by atoms with van der Waals surface area (Å²) >= 11 is 0. The molecule has 1 heterocycles. The zero-order chi connectivity index (χ0) is 26.5. The number of halogens is 1. The molecule has 0 saturated carbocycles. The Balaban J connectivity index is 1.61. The van der Waals surface area contributed by atoms with Gasteiger partial charge in [-0.2, -0.15) is 5.10 Å². The lowest BCUT2D eigenvalue weighted by Crippen LogP contribution is -2.42. The Morgan fingerprint density at radius 3 is 2.38 bits per heavy atom. The van der Waals surface area contributed by atoms with E-state index in [2.05, 4.69) is 10.4 Å². The molecule has 37 heavy (non-hydrogen) atoms. The van der Waals surface area contributed by atoms with Crippen LogP contribution in [0.25, 0.3) is 16.9 Å². The summed E-state index contributed by atoms with van der Waals surface area (Å²) in [5.41, 5.74) is 1.85. The number of non-ortho nitro benzene ring substituents is 1. The number of rotatable bonds is 8. The molecule has 9 nitrogen and oxygen atoms in total. The van der Waals surface area contributed by atoms with Crippen molar-refractivity contribution < 1.29 is 18.9 Å². The van der Waals surface area contributed by atoms with Gasteiger partial charge in [0.25, 0.3) is 11.6 Å². The van der Waals surface area contributed by atoms with Gasteiger partial charge in [0.15, 0.2) is 0 Å². The summed E-state index contributed by atoms with van der Waals surface area (Å²) in [6.45, 7) is 3.20. The standard InChI is InChI=1S/C27H24FN5O4/c1-18(2)31(27(35)20-9-6-10-23(15-20)33(36)37)17-26(34)29-25-16-24(19-7-4-3-5-8-19)30-32(25)22-13-11-21(28)12-14-22/h3-16,18H,17H2,1-2H3,(H,29,34). The zero-order valence-corrected chi connectivity index (χ0v) is 20.2. The van der Waals surface area contributed by atoms with Crippen molar-refractivity contribution in [1.29, 1.82) is 0 Å². The number of hydrogen-bond acceptors (Lipinski definition) is 5. The van der Waals surface area contributed by atoms with Gasteiger partial charge < -0.3 is 10.2 Å². The van der Waals surface area contributed by atoms with E-state index in [1.54, 1.807) is 32.0 Å². The number of nitro benzene ring substituents is 1. The quantitative estimate of drug-likeness (QED) is 0.268. The van der Waals surface area contributed by atoms with Crippen LogP contribution in [0.2, 0.25) is 0 Å². The van der Waals surface area contributed by atoms with Crippen LogP contribution < -0.4 is 5.32 Å².